The molecular weight excluding hydrogens is 220 g/mol. The number of aliphatic hydroxyl groups is 1. The van der Waals surface area contributed by atoms with E-state index in [2.05, 4.69) is 0 Å². The zero-order chi connectivity index (χ0) is 12.1. The molecule has 1 heterocycles. The Balaban J connectivity index is 1.95. The van der Waals surface area contributed by atoms with E-state index in [4.69, 9.17) is 9.84 Å². The van der Waals surface area contributed by atoms with E-state index in [-0.39, 0.29) is 12.6 Å². The number of hydrogen-bond donors (Lipinski definition) is 1. The Labute approximate surface area is 102 Å². The van der Waals surface area contributed by atoms with Crippen molar-refractivity contribution < 1.29 is 14.6 Å². The molecule has 1 aliphatic carbocycles. The fraction of sp³-hybridized carbons (Fsp3) is 0.917. The van der Waals surface area contributed by atoms with Crippen LogP contribution in [-0.2, 0) is 4.74 Å². The minimum absolute atomic E-state index is 0.0482. The average Bonchev–Trinajstić information content (AvgIpc) is 2.90. The van der Waals surface area contributed by atoms with Crippen LogP contribution in [0.2, 0.25) is 0 Å². The van der Waals surface area contributed by atoms with Crippen molar-refractivity contribution in [2.24, 2.45) is 0 Å². The van der Waals surface area contributed by atoms with E-state index in [9.17, 15) is 4.79 Å². The van der Waals surface area contributed by atoms with Crippen LogP contribution in [0, 0.1) is 0 Å². The molecule has 2 fully saturated rings. The molecule has 0 spiro atoms. The molecule has 1 N–H and O–H groups in total. The lowest BCUT2D eigenvalue weighted by molar-refractivity contribution is 0.0372. The number of nitrogens with zero attached hydrogens (tertiary/aromatic N) is 2. The quantitative estimate of drug-likeness (QED) is 0.791. The van der Waals surface area contributed by atoms with Crippen molar-refractivity contribution in [1.82, 2.24) is 9.80 Å². The third-order valence-electron chi connectivity index (χ3n) is 3.63. The lowest BCUT2D eigenvalue weighted by Crippen LogP contribution is -2.51. The maximum absolute atomic E-state index is 12.4. The van der Waals surface area contributed by atoms with Crippen LogP contribution in [0.1, 0.15) is 25.7 Å². The summed E-state index contributed by atoms with van der Waals surface area (Å²) in [6.07, 6.45) is 4.55. The zero-order valence-electron chi connectivity index (χ0n) is 10.3. The molecule has 5 heteroatoms. The van der Waals surface area contributed by atoms with Gasteiger partial charge in [0.05, 0.1) is 19.8 Å². The predicted molar refractivity (Wildman–Crippen MR) is 63.8 cm³/mol. The van der Waals surface area contributed by atoms with Crippen molar-refractivity contribution in [2.45, 2.75) is 31.7 Å². The van der Waals surface area contributed by atoms with Gasteiger partial charge in [0.2, 0.25) is 0 Å². The van der Waals surface area contributed by atoms with E-state index >= 15 is 0 Å². The van der Waals surface area contributed by atoms with Gasteiger partial charge in [0.25, 0.3) is 0 Å². The van der Waals surface area contributed by atoms with Gasteiger partial charge in [-0.05, 0) is 12.8 Å². The van der Waals surface area contributed by atoms with Crippen LogP contribution < -0.4 is 0 Å². The molecular formula is C12H22N2O3. The highest BCUT2D eigenvalue weighted by molar-refractivity contribution is 5.75. The number of urea groups is 1. The molecule has 98 valence electrons. The van der Waals surface area contributed by atoms with Crippen molar-refractivity contribution in [1.29, 1.82) is 0 Å². The summed E-state index contributed by atoms with van der Waals surface area (Å²) in [5, 5.41) is 9.11. The van der Waals surface area contributed by atoms with Crippen molar-refractivity contribution in [3.63, 3.8) is 0 Å². The second kappa shape index (κ2) is 6.21. The van der Waals surface area contributed by atoms with Gasteiger partial charge in [0.1, 0.15) is 0 Å². The number of carbonyl (C=O) groups is 1. The molecule has 5 nitrogen and oxygen atoms in total. The van der Waals surface area contributed by atoms with Gasteiger partial charge in [-0.2, -0.15) is 0 Å². The maximum Gasteiger partial charge on any atom is 0.320 e. The molecule has 0 unspecified atom stereocenters. The molecule has 1 saturated heterocycles. The van der Waals surface area contributed by atoms with Gasteiger partial charge in [0, 0.05) is 25.7 Å². The van der Waals surface area contributed by atoms with Gasteiger partial charge < -0.3 is 19.6 Å². The van der Waals surface area contributed by atoms with Gasteiger partial charge in [-0.3, -0.25) is 0 Å². The number of morpholine rings is 1. The molecule has 0 atom stereocenters. The summed E-state index contributed by atoms with van der Waals surface area (Å²) in [5.41, 5.74) is 0. The van der Waals surface area contributed by atoms with E-state index < -0.39 is 0 Å². The van der Waals surface area contributed by atoms with Crippen LogP contribution in [-0.4, -0.2) is 66.4 Å². The first-order valence-electron chi connectivity index (χ1n) is 6.57. The molecule has 2 aliphatic rings. The Hall–Kier alpha value is -0.810. The summed E-state index contributed by atoms with van der Waals surface area (Å²) < 4.78 is 5.25. The van der Waals surface area contributed by atoms with Crippen LogP contribution >= 0.6 is 0 Å². The number of ether oxygens (including phenoxy) is 1. The summed E-state index contributed by atoms with van der Waals surface area (Å²) in [6.45, 7) is 3.11. The van der Waals surface area contributed by atoms with Gasteiger partial charge in [-0.15, -0.1) is 0 Å². The van der Waals surface area contributed by atoms with Crippen molar-refractivity contribution in [2.75, 3.05) is 39.5 Å². The summed E-state index contributed by atoms with van der Waals surface area (Å²) in [4.78, 5) is 16.1. The first kappa shape index (κ1) is 12.6. The standard InChI is InChI=1S/C12H22N2O3/c15-8-5-14(11-3-1-2-4-11)12(16)13-6-9-17-10-7-13/h11,15H,1-10H2. The molecule has 2 rings (SSSR count). The van der Waals surface area contributed by atoms with Crippen LogP contribution in [0.3, 0.4) is 0 Å². The van der Waals surface area contributed by atoms with Crippen LogP contribution in [0.25, 0.3) is 0 Å². The molecule has 17 heavy (non-hydrogen) atoms. The Morgan fingerprint density at radius 2 is 1.94 bits per heavy atom. The SMILES string of the molecule is O=C(N1CCOCC1)N(CCO)C1CCCC1. The Bertz CT molecular complexity index is 248. The van der Waals surface area contributed by atoms with Crippen molar-refractivity contribution in [3.05, 3.63) is 0 Å². The number of hydrogen-bond acceptors (Lipinski definition) is 3. The van der Waals surface area contributed by atoms with Crippen molar-refractivity contribution in [3.8, 4) is 0 Å². The lowest BCUT2D eigenvalue weighted by Gasteiger charge is -2.35. The van der Waals surface area contributed by atoms with E-state index in [1.54, 1.807) is 0 Å². The molecule has 1 aliphatic heterocycles. The smallest absolute Gasteiger partial charge is 0.320 e. The summed E-state index contributed by atoms with van der Waals surface area (Å²) in [7, 11) is 0. The Morgan fingerprint density at radius 3 is 2.53 bits per heavy atom. The van der Waals surface area contributed by atoms with Gasteiger partial charge in [-0.25, -0.2) is 4.79 Å². The maximum atomic E-state index is 12.4. The summed E-state index contributed by atoms with van der Waals surface area (Å²) in [6, 6.07) is 0.409. The van der Waals surface area contributed by atoms with E-state index in [0.717, 1.165) is 12.8 Å². The lowest BCUT2D eigenvalue weighted by atomic mass is 10.2. The number of amides is 2. The minimum Gasteiger partial charge on any atom is -0.395 e. The monoisotopic (exact) mass is 242 g/mol. The highest BCUT2D eigenvalue weighted by atomic mass is 16.5. The van der Waals surface area contributed by atoms with Gasteiger partial charge in [0.15, 0.2) is 0 Å². The summed E-state index contributed by atoms with van der Waals surface area (Å²) >= 11 is 0. The van der Waals surface area contributed by atoms with Gasteiger partial charge >= 0.3 is 6.03 Å². The molecule has 0 aromatic rings. The van der Waals surface area contributed by atoms with Crippen LogP contribution in [0.4, 0.5) is 4.79 Å². The molecule has 0 aromatic carbocycles. The minimum atomic E-state index is 0.0482. The third kappa shape index (κ3) is 3.10. The summed E-state index contributed by atoms with van der Waals surface area (Å²) in [5.74, 6) is 0. The Kier molecular flexibility index (Phi) is 4.62. The Morgan fingerprint density at radius 1 is 1.29 bits per heavy atom. The number of rotatable bonds is 3. The zero-order valence-corrected chi connectivity index (χ0v) is 10.3. The van der Waals surface area contributed by atoms with Crippen LogP contribution in [0.15, 0.2) is 0 Å². The van der Waals surface area contributed by atoms with Crippen LogP contribution in [0.5, 0.6) is 0 Å². The predicted octanol–water partition coefficient (Wildman–Crippen LogP) is 0.675. The van der Waals surface area contributed by atoms with Crippen molar-refractivity contribution >= 4 is 6.03 Å². The van der Waals surface area contributed by atoms with E-state index in [1.165, 1.54) is 12.8 Å². The fourth-order valence-corrected chi connectivity index (χ4v) is 2.69. The molecule has 2 amide bonds. The normalized spacial score (nSPS) is 21.8. The highest BCUT2D eigenvalue weighted by Crippen LogP contribution is 2.24. The highest BCUT2D eigenvalue weighted by Gasteiger charge is 2.29. The first-order valence-corrected chi connectivity index (χ1v) is 6.57. The second-order valence-electron chi connectivity index (χ2n) is 4.74. The largest absolute Gasteiger partial charge is 0.395 e. The average molecular weight is 242 g/mol. The molecule has 0 aromatic heterocycles. The fourth-order valence-electron chi connectivity index (χ4n) is 2.69. The van der Waals surface area contributed by atoms with E-state index in [1.807, 2.05) is 9.80 Å². The second-order valence-corrected chi connectivity index (χ2v) is 4.74. The topological polar surface area (TPSA) is 53.0 Å². The molecule has 0 radical (unpaired) electrons. The van der Waals surface area contributed by atoms with Gasteiger partial charge in [-0.1, -0.05) is 12.8 Å². The first-order chi connectivity index (χ1) is 8.33. The van der Waals surface area contributed by atoms with E-state index in [0.29, 0.717) is 38.9 Å². The molecule has 1 saturated carbocycles. The number of aliphatic hydroxyl groups excluding tert-OH is 1. The third-order valence-corrected chi connectivity index (χ3v) is 3.63. The number of carbonyl (C=O) groups excluding carboxylic acids is 1. The molecule has 0 bridgehead atoms.